The van der Waals surface area contributed by atoms with E-state index in [4.69, 9.17) is 0 Å². The molecule has 3 N–H and O–H groups in total. The fraction of sp³-hybridized carbons (Fsp3) is 0.312. The first-order valence-electron chi connectivity index (χ1n) is 7.34. The second-order valence-electron chi connectivity index (χ2n) is 5.02. The van der Waals surface area contributed by atoms with Gasteiger partial charge in [-0.1, -0.05) is 13.0 Å². The molecule has 6 nitrogen and oxygen atoms in total. The smallest absolute Gasteiger partial charge is 0.325 e. The van der Waals surface area contributed by atoms with E-state index in [0.717, 1.165) is 16.3 Å². The number of aromatic amines is 2. The number of aromatic nitrogens is 2. The van der Waals surface area contributed by atoms with Gasteiger partial charge in [0, 0.05) is 28.3 Å². The molecule has 0 aliphatic carbocycles. The van der Waals surface area contributed by atoms with Crippen LogP contribution in [0.4, 0.5) is 5.69 Å². The Morgan fingerprint density at radius 3 is 2.74 bits per heavy atom. The molecule has 0 fully saturated rings. The van der Waals surface area contributed by atoms with Crippen molar-refractivity contribution in [2.45, 2.75) is 31.6 Å². The van der Waals surface area contributed by atoms with Gasteiger partial charge in [0.25, 0.3) is 5.56 Å². The summed E-state index contributed by atoms with van der Waals surface area (Å²) in [5.74, 6) is 0.791. The van der Waals surface area contributed by atoms with E-state index in [-0.39, 0.29) is 18.7 Å². The number of anilines is 1. The number of thioether (sulfide) groups is 1. The Bertz CT molecular complexity index is 811. The van der Waals surface area contributed by atoms with Crippen LogP contribution in [0.2, 0.25) is 0 Å². The molecule has 0 spiro atoms. The van der Waals surface area contributed by atoms with Crippen molar-refractivity contribution in [2.75, 3.05) is 11.1 Å². The van der Waals surface area contributed by atoms with Crippen LogP contribution in [0.15, 0.2) is 38.8 Å². The molecule has 0 radical (unpaired) electrons. The lowest BCUT2D eigenvalue weighted by Gasteiger charge is -2.07. The molecule has 23 heavy (non-hydrogen) atoms. The summed E-state index contributed by atoms with van der Waals surface area (Å²) in [5, 5.41) is 2.82. The highest BCUT2D eigenvalue weighted by Crippen LogP contribution is 2.21. The van der Waals surface area contributed by atoms with Crippen molar-refractivity contribution >= 4 is 23.4 Å². The first-order chi connectivity index (χ1) is 11.0. The van der Waals surface area contributed by atoms with E-state index in [1.807, 2.05) is 24.3 Å². The van der Waals surface area contributed by atoms with Crippen molar-refractivity contribution in [3.63, 3.8) is 0 Å². The quantitative estimate of drug-likeness (QED) is 0.705. The van der Waals surface area contributed by atoms with Crippen LogP contribution in [-0.4, -0.2) is 21.6 Å². The van der Waals surface area contributed by atoms with Crippen molar-refractivity contribution in [3.05, 3.63) is 56.4 Å². The van der Waals surface area contributed by atoms with E-state index in [0.29, 0.717) is 11.3 Å². The summed E-state index contributed by atoms with van der Waals surface area (Å²) in [5.41, 5.74) is 0.676. The van der Waals surface area contributed by atoms with E-state index >= 15 is 0 Å². The maximum atomic E-state index is 12.0. The standard InChI is InChI=1S/C16H19N3O3S/c1-3-23-12-6-4-5-11(9-12)18-14(20)8-7-13-10(2)17-16(22)19-15(13)21/h4-6,9H,3,7-8H2,1-2H3,(H,18,20)(H2,17,19,21,22). The molecule has 0 bridgehead atoms. The Morgan fingerprint density at radius 1 is 1.26 bits per heavy atom. The third-order valence-corrected chi connectivity index (χ3v) is 4.16. The van der Waals surface area contributed by atoms with Crippen LogP contribution in [0, 0.1) is 6.92 Å². The lowest BCUT2D eigenvalue weighted by molar-refractivity contribution is -0.116. The molecule has 1 aromatic heterocycles. The zero-order chi connectivity index (χ0) is 16.8. The second-order valence-corrected chi connectivity index (χ2v) is 6.36. The van der Waals surface area contributed by atoms with Crippen LogP contribution >= 0.6 is 11.8 Å². The van der Waals surface area contributed by atoms with Crippen molar-refractivity contribution in [1.82, 2.24) is 9.97 Å². The Balaban J connectivity index is 1.99. The van der Waals surface area contributed by atoms with Crippen molar-refractivity contribution in [3.8, 4) is 0 Å². The predicted molar refractivity (Wildman–Crippen MR) is 92.2 cm³/mol. The number of amides is 1. The molecule has 122 valence electrons. The number of rotatable bonds is 6. The lowest BCUT2D eigenvalue weighted by atomic mass is 10.1. The summed E-state index contributed by atoms with van der Waals surface area (Å²) < 4.78 is 0. The van der Waals surface area contributed by atoms with Gasteiger partial charge in [0.1, 0.15) is 0 Å². The predicted octanol–water partition coefficient (Wildman–Crippen LogP) is 2.05. The largest absolute Gasteiger partial charge is 0.326 e. The Kier molecular flexibility index (Phi) is 5.81. The lowest BCUT2D eigenvalue weighted by Crippen LogP contribution is -2.27. The molecule has 1 heterocycles. The summed E-state index contributed by atoms with van der Waals surface area (Å²) in [7, 11) is 0. The van der Waals surface area contributed by atoms with E-state index in [9.17, 15) is 14.4 Å². The molecular weight excluding hydrogens is 314 g/mol. The molecule has 0 aliphatic rings. The number of carbonyl (C=O) groups excluding carboxylic acids is 1. The number of hydrogen-bond acceptors (Lipinski definition) is 4. The monoisotopic (exact) mass is 333 g/mol. The van der Waals surface area contributed by atoms with Crippen LogP contribution in [0.3, 0.4) is 0 Å². The molecule has 0 aliphatic heterocycles. The number of aryl methyl sites for hydroxylation is 1. The average Bonchev–Trinajstić information content (AvgIpc) is 2.46. The SMILES string of the molecule is CCSc1cccc(NC(=O)CCc2c(C)[nH]c(=O)[nH]c2=O)c1. The molecule has 1 aromatic carbocycles. The minimum atomic E-state index is -0.536. The Labute approximate surface area is 137 Å². The van der Waals surface area contributed by atoms with E-state index in [1.54, 1.807) is 18.7 Å². The minimum absolute atomic E-state index is 0.168. The van der Waals surface area contributed by atoms with Crippen molar-refractivity contribution in [2.24, 2.45) is 0 Å². The fourth-order valence-electron chi connectivity index (χ4n) is 2.22. The zero-order valence-electron chi connectivity index (χ0n) is 13.1. The first kappa shape index (κ1) is 17.1. The van der Waals surface area contributed by atoms with Crippen molar-refractivity contribution < 1.29 is 4.79 Å². The zero-order valence-corrected chi connectivity index (χ0v) is 13.9. The molecule has 1 amide bonds. The maximum absolute atomic E-state index is 12.0. The molecule has 2 aromatic rings. The Morgan fingerprint density at radius 2 is 2.04 bits per heavy atom. The van der Waals surface area contributed by atoms with Gasteiger partial charge in [-0.3, -0.25) is 14.6 Å². The molecule has 0 atom stereocenters. The Hall–Kier alpha value is -2.28. The van der Waals surface area contributed by atoms with Crippen LogP contribution in [0.5, 0.6) is 0 Å². The highest BCUT2D eigenvalue weighted by atomic mass is 32.2. The van der Waals surface area contributed by atoms with Gasteiger partial charge < -0.3 is 10.3 Å². The summed E-state index contributed by atoms with van der Waals surface area (Å²) >= 11 is 1.70. The molecule has 0 saturated heterocycles. The van der Waals surface area contributed by atoms with Crippen LogP contribution in [-0.2, 0) is 11.2 Å². The van der Waals surface area contributed by atoms with Gasteiger partial charge in [0.15, 0.2) is 0 Å². The van der Waals surface area contributed by atoms with Crippen molar-refractivity contribution in [1.29, 1.82) is 0 Å². The highest BCUT2D eigenvalue weighted by molar-refractivity contribution is 7.99. The molecule has 0 saturated carbocycles. The van der Waals surface area contributed by atoms with Gasteiger partial charge in [-0.05, 0) is 37.3 Å². The molecule has 7 heteroatoms. The maximum Gasteiger partial charge on any atom is 0.325 e. The number of carbonyl (C=O) groups is 1. The summed E-state index contributed by atoms with van der Waals surface area (Å²) in [6.45, 7) is 3.72. The average molecular weight is 333 g/mol. The fourth-order valence-corrected chi connectivity index (χ4v) is 2.94. The first-order valence-corrected chi connectivity index (χ1v) is 8.33. The van der Waals surface area contributed by atoms with Gasteiger partial charge >= 0.3 is 5.69 Å². The van der Waals surface area contributed by atoms with Gasteiger partial charge in [0.2, 0.25) is 5.91 Å². The van der Waals surface area contributed by atoms with E-state index in [2.05, 4.69) is 22.2 Å². The number of H-pyrrole nitrogens is 2. The normalized spacial score (nSPS) is 10.5. The van der Waals surface area contributed by atoms with Crippen LogP contribution in [0.25, 0.3) is 0 Å². The topological polar surface area (TPSA) is 94.8 Å². The van der Waals surface area contributed by atoms with E-state index < -0.39 is 11.2 Å². The van der Waals surface area contributed by atoms with Crippen LogP contribution in [0.1, 0.15) is 24.6 Å². The van der Waals surface area contributed by atoms with Crippen LogP contribution < -0.4 is 16.6 Å². The highest BCUT2D eigenvalue weighted by Gasteiger charge is 2.09. The molecule has 0 unspecified atom stereocenters. The van der Waals surface area contributed by atoms with Gasteiger partial charge in [-0.2, -0.15) is 0 Å². The van der Waals surface area contributed by atoms with Gasteiger partial charge in [0.05, 0.1) is 0 Å². The minimum Gasteiger partial charge on any atom is -0.326 e. The third-order valence-electron chi connectivity index (χ3n) is 3.29. The summed E-state index contributed by atoms with van der Waals surface area (Å²) in [6, 6.07) is 7.64. The molecular formula is C16H19N3O3S. The van der Waals surface area contributed by atoms with Gasteiger partial charge in [-0.15, -0.1) is 11.8 Å². The summed E-state index contributed by atoms with van der Waals surface area (Å²) in [6.07, 6.45) is 0.439. The number of nitrogens with one attached hydrogen (secondary N) is 3. The van der Waals surface area contributed by atoms with E-state index in [1.165, 1.54) is 0 Å². The number of hydrogen-bond donors (Lipinski definition) is 3. The second kappa shape index (κ2) is 7.82. The third kappa shape index (κ3) is 4.85. The number of benzene rings is 1. The summed E-state index contributed by atoms with van der Waals surface area (Å²) in [4.78, 5) is 40.7. The molecule has 2 rings (SSSR count). The van der Waals surface area contributed by atoms with Gasteiger partial charge in [-0.25, -0.2) is 4.79 Å².